The summed E-state index contributed by atoms with van der Waals surface area (Å²) < 4.78 is 2.21. The molecular formula is C38H69N3O. The van der Waals surface area contributed by atoms with Crippen molar-refractivity contribution >= 4 is 11.7 Å². The van der Waals surface area contributed by atoms with Crippen molar-refractivity contribution in [3.8, 4) is 0 Å². The molecule has 0 saturated carbocycles. The van der Waals surface area contributed by atoms with Crippen LogP contribution in [0.3, 0.4) is 0 Å². The number of aromatic nitrogens is 2. The van der Waals surface area contributed by atoms with Gasteiger partial charge in [0.25, 0.3) is 0 Å². The molecule has 4 heteroatoms. The van der Waals surface area contributed by atoms with Crippen molar-refractivity contribution in [1.29, 1.82) is 0 Å². The lowest BCUT2D eigenvalue weighted by Gasteiger charge is -2.06. The van der Waals surface area contributed by atoms with Crippen molar-refractivity contribution in [3.05, 3.63) is 35.8 Å². The van der Waals surface area contributed by atoms with E-state index >= 15 is 0 Å². The summed E-state index contributed by atoms with van der Waals surface area (Å²) in [6.45, 7) is 6.69. The summed E-state index contributed by atoms with van der Waals surface area (Å²) in [6, 6.07) is 0. The monoisotopic (exact) mass is 584 g/mol. The van der Waals surface area contributed by atoms with E-state index in [1.54, 1.807) is 0 Å². The zero-order valence-corrected chi connectivity index (χ0v) is 28.5. The van der Waals surface area contributed by atoms with Crippen LogP contribution in [0.25, 0.3) is 0 Å². The number of imidazole rings is 1. The normalized spacial score (nSPS) is 11.8. The third-order valence-corrected chi connectivity index (χ3v) is 8.48. The number of nitrogens with one attached hydrogen (secondary N) is 1. The van der Waals surface area contributed by atoms with E-state index in [0.717, 1.165) is 43.0 Å². The Balaban J connectivity index is 2.13. The zero-order chi connectivity index (χ0) is 30.5. The molecule has 1 aromatic rings. The standard InChI is InChI=1S/C38H69N3O/c1-5-8-10-12-14-16-18-20-22-23-25-27-29-31-33-36-39-38(35(7-3)41(36)4)40-37(42)34-32-30-28-26-24-21-19-17-15-13-11-9-6-2/h16-19H,5-15,20-34H2,1-4H3,(H,40,42)/b18-16-,19-17-. The Morgan fingerprint density at radius 1 is 0.619 bits per heavy atom. The molecule has 4 nitrogen and oxygen atoms in total. The maximum absolute atomic E-state index is 12.6. The molecule has 42 heavy (non-hydrogen) atoms. The molecule has 0 atom stereocenters. The number of allylic oxidation sites excluding steroid dienone is 4. The second-order valence-corrected chi connectivity index (χ2v) is 12.4. The van der Waals surface area contributed by atoms with Crippen molar-refractivity contribution in [3.63, 3.8) is 0 Å². The van der Waals surface area contributed by atoms with Gasteiger partial charge in [0.2, 0.25) is 5.91 Å². The Labute approximate surface area is 261 Å². The zero-order valence-electron chi connectivity index (χ0n) is 28.5. The molecule has 1 rings (SSSR count). The Kier molecular flexibility index (Phi) is 25.4. The van der Waals surface area contributed by atoms with Crippen LogP contribution in [-0.2, 0) is 24.7 Å². The SMILES string of the molecule is CCCCCC/C=C\CCCCCCCCc1nc(NC(=O)CCCCCCC/C=C\CCCCCC)c(CC)n1C. The molecule has 1 amide bonds. The van der Waals surface area contributed by atoms with Crippen LogP contribution in [0, 0.1) is 0 Å². The minimum absolute atomic E-state index is 0.117. The number of rotatable bonds is 29. The summed E-state index contributed by atoms with van der Waals surface area (Å²) >= 11 is 0. The van der Waals surface area contributed by atoms with Crippen molar-refractivity contribution in [1.82, 2.24) is 9.55 Å². The van der Waals surface area contributed by atoms with Gasteiger partial charge < -0.3 is 9.88 Å². The van der Waals surface area contributed by atoms with E-state index in [4.69, 9.17) is 4.98 Å². The van der Waals surface area contributed by atoms with E-state index in [2.05, 4.69) is 62.0 Å². The van der Waals surface area contributed by atoms with E-state index < -0.39 is 0 Å². The predicted molar refractivity (Wildman–Crippen MR) is 185 cm³/mol. The third kappa shape index (κ3) is 20.1. The molecular weight excluding hydrogens is 514 g/mol. The summed E-state index contributed by atoms with van der Waals surface area (Å²) in [5.41, 5.74) is 1.15. The summed E-state index contributed by atoms with van der Waals surface area (Å²) in [5, 5.41) is 3.13. The summed E-state index contributed by atoms with van der Waals surface area (Å²) in [5.74, 6) is 2.02. The molecule has 0 bridgehead atoms. The Hall–Kier alpha value is -1.84. The Morgan fingerprint density at radius 2 is 1.05 bits per heavy atom. The molecule has 1 aromatic heterocycles. The fourth-order valence-corrected chi connectivity index (χ4v) is 5.69. The largest absolute Gasteiger partial charge is 0.333 e. The van der Waals surface area contributed by atoms with Gasteiger partial charge in [0.15, 0.2) is 5.82 Å². The van der Waals surface area contributed by atoms with Crippen LogP contribution in [0.4, 0.5) is 5.82 Å². The second kappa shape index (κ2) is 28.0. The predicted octanol–water partition coefficient (Wildman–Crippen LogP) is 12.0. The molecule has 0 radical (unpaired) electrons. The molecule has 0 aromatic carbocycles. The quantitative estimate of drug-likeness (QED) is 0.0753. The van der Waals surface area contributed by atoms with Crippen LogP contribution >= 0.6 is 0 Å². The molecule has 242 valence electrons. The summed E-state index contributed by atoms with van der Waals surface area (Å²) in [7, 11) is 2.11. The van der Waals surface area contributed by atoms with Crippen LogP contribution in [0.1, 0.15) is 186 Å². The molecule has 0 aliphatic rings. The summed E-state index contributed by atoms with van der Waals surface area (Å²) in [4.78, 5) is 17.5. The summed E-state index contributed by atoms with van der Waals surface area (Å²) in [6.07, 6.45) is 41.4. The van der Waals surface area contributed by atoms with E-state index in [9.17, 15) is 4.79 Å². The molecule has 0 saturated heterocycles. The van der Waals surface area contributed by atoms with Crippen molar-refractivity contribution in [2.24, 2.45) is 7.05 Å². The lowest BCUT2D eigenvalue weighted by atomic mass is 10.1. The lowest BCUT2D eigenvalue weighted by Crippen LogP contribution is -2.13. The fourth-order valence-electron chi connectivity index (χ4n) is 5.69. The Morgan fingerprint density at radius 3 is 1.52 bits per heavy atom. The van der Waals surface area contributed by atoms with Crippen LogP contribution in [-0.4, -0.2) is 15.5 Å². The maximum atomic E-state index is 12.6. The third-order valence-electron chi connectivity index (χ3n) is 8.48. The molecule has 0 spiro atoms. The van der Waals surface area contributed by atoms with Crippen molar-refractivity contribution in [2.45, 2.75) is 188 Å². The number of nitrogens with zero attached hydrogens (tertiary/aromatic N) is 2. The van der Waals surface area contributed by atoms with Gasteiger partial charge in [-0.25, -0.2) is 4.98 Å². The van der Waals surface area contributed by atoms with Gasteiger partial charge in [-0.2, -0.15) is 0 Å². The van der Waals surface area contributed by atoms with E-state index in [0.29, 0.717) is 6.42 Å². The molecule has 0 fully saturated rings. The van der Waals surface area contributed by atoms with Gasteiger partial charge in [-0.1, -0.05) is 129 Å². The average Bonchev–Trinajstić information content (AvgIpc) is 3.28. The number of carbonyl (C=O) groups excluding carboxylic acids is 1. The van der Waals surface area contributed by atoms with Crippen LogP contribution in [0.15, 0.2) is 24.3 Å². The lowest BCUT2D eigenvalue weighted by molar-refractivity contribution is -0.116. The number of anilines is 1. The minimum atomic E-state index is 0.117. The number of unbranched alkanes of at least 4 members (excludes halogenated alkanes) is 19. The molecule has 1 N–H and O–H groups in total. The molecule has 0 unspecified atom stereocenters. The fraction of sp³-hybridized carbons (Fsp3) is 0.789. The average molecular weight is 584 g/mol. The second-order valence-electron chi connectivity index (χ2n) is 12.4. The van der Waals surface area contributed by atoms with Gasteiger partial charge in [0, 0.05) is 19.9 Å². The maximum Gasteiger partial charge on any atom is 0.225 e. The van der Waals surface area contributed by atoms with E-state index in [-0.39, 0.29) is 5.91 Å². The van der Waals surface area contributed by atoms with Gasteiger partial charge in [-0.05, 0) is 70.6 Å². The highest BCUT2D eigenvalue weighted by Crippen LogP contribution is 2.20. The first-order chi connectivity index (χ1) is 20.6. The number of hydrogen-bond donors (Lipinski definition) is 1. The highest BCUT2D eigenvalue weighted by molar-refractivity contribution is 5.90. The van der Waals surface area contributed by atoms with Gasteiger partial charge in [-0.3, -0.25) is 4.79 Å². The number of aryl methyl sites for hydroxylation is 1. The van der Waals surface area contributed by atoms with Crippen LogP contribution < -0.4 is 5.32 Å². The van der Waals surface area contributed by atoms with Crippen LogP contribution in [0.5, 0.6) is 0 Å². The number of carbonyl (C=O) groups is 1. The van der Waals surface area contributed by atoms with Gasteiger partial charge in [-0.15, -0.1) is 0 Å². The molecule has 0 aliphatic carbocycles. The number of amides is 1. The van der Waals surface area contributed by atoms with Crippen LogP contribution in [0.2, 0.25) is 0 Å². The Bertz CT molecular complexity index is 823. The molecule has 0 aliphatic heterocycles. The van der Waals surface area contributed by atoms with Gasteiger partial charge in [0.05, 0.1) is 5.69 Å². The van der Waals surface area contributed by atoms with Crippen molar-refractivity contribution < 1.29 is 4.79 Å². The topological polar surface area (TPSA) is 46.9 Å². The van der Waals surface area contributed by atoms with E-state index in [1.807, 2.05) is 0 Å². The van der Waals surface area contributed by atoms with Crippen molar-refractivity contribution in [2.75, 3.05) is 5.32 Å². The first-order valence-electron chi connectivity index (χ1n) is 18.3. The number of hydrogen-bond acceptors (Lipinski definition) is 2. The smallest absolute Gasteiger partial charge is 0.225 e. The minimum Gasteiger partial charge on any atom is -0.333 e. The molecule has 1 heterocycles. The van der Waals surface area contributed by atoms with Gasteiger partial charge >= 0.3 is 0 Å². The van der Waals surface area contributed by atoms with E-state index in [1.165, 1.54) is 135 Å². The first-order valence-corrected chi connectivity index (χ1v) is 18.3. The highest BCUT2D eigenvalue weighted by atomic mass is 16.1. The highest BCUT2D eigenvalue weighted by Gasteiger charge is 2.15. The van der Waals surface area contributed by atoms with Gasteiger partial charge in [0.1, 0.15) is 5.82 Å². The first kappa shape index (κ1) is 38.2.